The third kappa shape index (κ3) is 3.44. The quantitative estimate of drug-likeness (QED) is 0.659. The highest BCUT2D eigenvalue weighted by molar-refractivity contribution is 5.77. The second kappa shape index (κ2) is 7.92. The van der Waals surface area contributed by atoms with Gasteiger partial charge in [-0.1, -0.05) is 13.0 Å². The first-order chi connectivity index (χ1) is 14.6. The number of fused-ring (bicyclic) bond motifs is 1. The van der Waals surface area contributed by atoms with Gasteiger partial charge in [0.1, 0.15) is 11.7 Å². The van der Waals surface area contributed by atoms with Crippen LogP contribution in [0.1, 0.15) is 43.1 Å². The highest BCUT2D eigenvalue weighted by Gasteiger charge is 2.32. The first kappa shape index (κ1) is 19.4. The van der Waals surface area contributed by atoms with Gasteiger partial charge in [-0.15, -0.1) is 0 Å². The second-order valence-corrected chi connectivity index (χ2v) is 8.63. The Balaban J connectivity index is 1.44. The molecular formula is C22H28N6O2. The molecule has 0 aromatic carbocycles. The van der Waals surface area contributed by atoms with E-state index in [0.29, 0.717) is 17.0 Å². The summed E-state index contributed by atoms with van der Waals surface area (Å²) in [6.45, 7) is 8.21. The van der Waals surface area contributed by atoms with Crippen LogP contribution in [0.5, 0.6) is 0 Å². The summed E-state index contributed by atoms with van der Waals surface area (Å²) in [7, 11) is 0. The highest BCUT2D eigenvalue weighted by Crippen LogP contribution is 2.29. The highest BCUT2D eigenvalue weighted by atomic mass is 16.5. The number of aryl methyl sites for hydroxylation is 1. The van der Waals surface area contributed by atoms with E-state index in [1.807, 2.05) is 28.4 Å². The topological polar surface area (TPSA) is 78.1 Å². The summed E-state index contributed by atoms with van der Waals surface area (Å²) in [4.78, 5) is 24.8. The molecule has 0 bridgehead atoms. The van der Waals surface area contributed by atoms with E-state index >= 15 is 0 Å². The van der Waals surface area contributed by atoms with E-state index in [0.717, 1.165) is 51.4 Å². The van der Waals surface area contributed by atoms with Crippen molar-refractivity contribution in [2.24, 2.45) is 5.92 Å². The Morgan fingerprint density at radius 1 is 1.23 bits per heavy atom. The number of hydrogen-bond acceptors (Lipinski definition) is 6. The van der Waals surface area contributed by atoms with Gasteiger partial charge in [0.25, 0.3) is 5.56 Å². The average molecular weight is 409 g/mol. The molecule has 0 N–H and O–H groups in total. The Morgan fingerprint density at radius 2 is 2.07 bits per heavy atom. The van der Waals surface area contributed by atoms with Crippen LogP contribution in [-0.2, 0) is 11.3 Å². The Morgan fingerprint density at radius 3 is 2.83 bits per heavy atom. The third-order valence-corrected chi connectivity index (χ3v) is 6.48. The molecule has 8 heteroatoms. The molecular weight excluding hydrogens is 380 g/mol. The van der Waals surface area contributed by atoms with E-state index in [4.69, 9.17) is 14.8 Å². The summed E-state index contributed by atoms with van der Waals surface area (Å²) in [6.07, 6.45) is 7.25. The van der Waals surface area contributed by atoms with Gasteiger partial charge in [0.2, 0.25) is 0 Å². The summed E-state index contributed by atoms with van der Waals surface area (Å²) in [5.41, 5.74) is 2.69. The predicted molar refractivity (Wildman–Crippen MR) is 113 cm³/mol. The van der Waals surface area contributed by atoms with Crippen LogP contribution in [0.3, 0.4) is 0 Å². The van der Waals surface area contributed by atoms with Gasteiger partial charge in [-0.3, -0.25) is 19.2 Å². The zero-order valence-corrected chi connectivity index (χ0v) is 17.6. The van der Waals surface area contributed by atoms with Gasteiger partial charge in [-0.2, -0.15) is 5.10 Å². The minimum Gasteiger partial charge on any atom is -0.381 e. The Bertz CT molecular complexity index is 1090. The molecule has 2 fully saturated rings. The standard InChI is InChI=1S/C22H28N6O2/c1-15-11-26(12-17-4-3-7-23-10-17)13-19(15)27-14-24-21-20(22(27)29)16(2)25-28(21)18-5-8-30-9-6-18/h3-4,7,10,14-15,18-19H,5-6,8-9,11-13H2,1-2H3/t15-,19+/m0/s1. The van der Waals surface area contributed by atoms with E-state index in [9.17, 15) is 4.79 Å². The SMILES string of the molecule is Cc1nn(C2CCOCC2)c2ncn([C@@H]3CN(Cc4cccnc4)C[C@@H]3C)c(=O)c12. The molecule has 3 aromatic rings. The largest absolute Gasteiger partial charge is 0.381 e. The molecule has 5 rings (SSSR count). The van der Waals surface area contributed by atoms with Crippen LogP contribution in [-0.4, -0.2) is 55.5 Å². The van der Waals surface area contributed by atoms with Gasteiger partial charge in [-0.05, 0) is 37.3 Å². The molecule has 0 unspecified atom stereocenters. The molecule has 0 saturated carbocycles. The molecule has 2 saturated heterocycles. The Kier molecular flexibility index (Phi) is 5.12. The molecule has 5 heterocycles. The molecule has 158 valence electrons. The summed E-state index contributed by atoms with van der Waals surface area (Å²) in [5.74, 6) is 0.365. The summed E-state index contributed by atoms with van der Waals surface area (Å²) >= 11 is 0. The minimum absolute atomic E-state index is 0.0240. The van der Waals surface area contributed by atoms with Crippen molar-refractivity contribution in [3.63, 3.8) is 0 Å². The fourth-order valence-electron chi connectivity index (χ4n) is 4.92. The van der Waals surface area contributed by atoms with Crippen molar-refractivity contribution in [3.8, 4) is 0 Å². The maximum Gasteiger partial charge on any atom is 0.265 e. The lowest BCUT2D eigenvalue weighted by atomic mass is 10.1. The van der Waals surface area contributed by atoms with Crippen LogP contribution in [0.4, 0.5) is 0 Å². The number of hydrogen-bond donors (Lipinski definition) is 0. The van der Waals surface area contributed by atoms with E-state index in [-0.39, 0.29) is 17.6 Å². The van der Waals surface area contributed by atoms with Crippen LogP contribution < -0.4 is 5.56 Å². The fourth-order valence-corrected chi connectivity index (χ4v) is 4.92. The third-order valence-electron chi connectivity index (χ3n) is 6.48. The molecule has 2 aliphatic rings. The zero-order chi connectivity index (χ0) is 20.7. The predicted octanol–water partition coefficient (Wildman–Crippen LogP) is 2.34. The summed E-state index contributed by atoms with van der Waals surface area (Å²) in [5, 5.41) is 5.35. The monoisotopic (exact) mass is 408 g/mol. The lowest BCUT2D eigenvalue weighted by Crippen LogP contribution is -2.30. The van der Waals surface area contributed by atoms with Crippen molar-refractivity contribution in [1.82, 2.24) is 29.2 Å². The van der Waals surface area contributed by atoms with E-state index in [2.05, 4.69) is 22.9 Å². The summed E-state index contributed by atoms with van der Waals surface area (Å²) in [6, 6.07) is 4.42. The lowest BCUT2D eigenvalue weighted by Gasteiger charge is -2.23. The molecule has 0 radical (unpaired) electrons. The average Bonchev–Trinajstić information content (AvgIpc) is 3.29. The summed E-state index contributed by atoms with van der Waals surface area (Å²) < 4.78 is 9.26. The van der Waals surface area contributed by atoms with Crippen LogP contribution in [0, 0.1) is 12.8 Å². The molecule has 2 atom stereocenters. The second-order valence-electron chi connectivity index (χ2n) is 8.63. The van der Waals surface area contributed by atoms with Gasteiger partial charge in [0, 0.05) is 45.2 Å². The van der Waals surface area contributed by atoms with Gasteiger partial charge < -0.3 is 4.74 Å². The molecule has 8 nitrogen and oxygen atoms in total. The van der Waals surface area contributed by atoms with Crippen LogP contribution >= 0.6 is 0 Å². The van der Waals surface area contributed by atoms with Gasteiger partial charge in [0.15, 0.2) is 5.65 Å². The molecule has 0 spiro atoms. The smallest absolute Gasteiger partial charge is 0.265 e. The Labute approximate surface area is 175 Å². The van der Waals surface area contributed by atoms with E-state index < -0.39 is 0 Å². The van der Waals surface area contributed by atoms with Crippen molar-refractivity contribution >= 4 is 11.0 Å². The number of ether oxygens (including phenoxy) is 1. The maximum atomic E-state index is 13.5. The number of aromatic nitrogens is 5. The van der Waals surface area contributed by atoms with E-state index in [1.54, 1.807) is 12.5 Å². The van der Waals surface area contributed by atoms with Crippen LogP contribution in [0.15, 0.2) is 35.6 Å². The number of nitrogens with zero attached hydrogens (tertiary/aromatic N) is 6. The van der Waals surface area contributed by atoms with Gasteiger partial charge in [0.05, 0.1) is 17.8 Å². The van der Waals surface area contributed by atoms with Crippen molar-refractivity contribution in [2.75, 3.05) is 26.3 Å². The van der Waals surface area contributed by atoms with Crippen molar-refractivity contribution in [1.29, 1.82) is 0 Å². The maximum absolute atomic E-state index is 13.5. The van der Waals surface area contributed by atoms with Crippen LogP contribution in [0.2, 0.25) is 0 Å². The molecule has 0 amide bonds. The van der Waals surface area contributed by atoms with Crippen molar-refractivity contribution in [3.05, 3.63) is 52.5 Å². The molecule has 30 heavy (non-hydrogen) atoms. The van der Waals surface area contributed by atoms with Crippen molar-refractivity contribution in [2.45, 2.75) is 45.3 Å². The number of pyridine rings is 1. The van der Waals surface area contributed by atoms with Gasteiger partial charge in [-0.25, -0.2) is 9.67 Å². The van der Waals surface area contributed by atoms with Crippen LogP contribution in [0.25, 0.3) is 11.0 Å². The molecule has 3 aromatic heterocycles. The lowest BCUT2D eigenvalue weighted by molar-refractivity contribution is 0.0672. The normalized spacial score (nSPS) is 23.4. The van der Waals surface area contributed by atoms with Crippen molar-refractivity contribution < 1.29 is 4.74 Å². The zero-order valence-electron chi connectivity index (χ0n) is 17.6. The number of rotatable bonds is 4. The minimum atomic E-state index is 0.0240. The number of likely N-dealkylation sites (tertiary alicyclic amines) is 1. The first-order valence-corrected chi connectivity index (χ1v) is 10.8. The Hall–Kier alpha value is -2.58. The first-order valence-electron chi connectivity index (χ1n) is 10.8. The molecule has 2 aliphatic heterocycles. The van der Waals surface area contributed by atoms with Gasteiger partial charge >= 0.3 is 0 Å². The molecule has 0 aliphatic carbocycles. The fraction of sp³-hybridized carbons (Fsp3) is 0.545. The van der Waals surface area contributed by atoms with E-state index in [1.165, 1.54) is 5.56 Å².